The summed E-state index contributed by atoms with van der Waals surface area (Å²) in [6.07, 6.45) is 0. The van der Waals surface area contributed by atoms with E-state index in [9.17, 15) is 9.18 Å². The monoisotopic (exact) mass is 284 g/mol. The smallest absolute Gasteiger partial charge is 0.186 e. The molecule has 106 valence electrons. The molecule has 21 heavy (non-hydrogen) atoms. The van der Waals surface area contributed by atoms with E-state index >= 15 is 0 Å². The molecule has 0 saturated heterocycles. The van der Waals surface area contributed by atoms with Gasteiger partial charge >= 0.3 is 0 Å². The molecule has 0 atom stereocenters. The normalized spacial score (nSPS) is 10.8. The first kappa shape index (κ1) is 13.4. The van der Waals surface area contributed by atoms with Gasteiger partial charge in [-0.3, -0.25) is 4.79 Å². The molecule has 0 fully saturated rings. The van der Waals surface area contributed by atoms with E-state index in [1.165, 1.54) is 31.4 Å². The molecular formula is C17H13FO3. The van der Waals surface area contributed by atoms with Crippen LogP contribution in [0.5, 0.6) is 11.5 Å². The molecule has 0 bridgehead atoms. The van der Waals surface area contributed by atoms with Crippen molar-refractivity contribution < 1.29 is 13.9 Å². The van der Waals surface area contributed by atoms with Crippen LogP contribution < -0.4 is 14.9 Å². The van der Waals surface area contributed by atoms with Crippen LogP contribution in [-0.2, 0) is 0 Å². The minimum atomic E-state index is -0.385. The number of benzene rings is 2. The van der Waals surface area contributed by atoms with Crippen LogP contribution in [0.25, 0.3) is 21.5 Å². The van der Waals surface area contributed by atoms with E-state index in [1.807, 2.05) is 0 Å². The van der Waals surface area contributed by atoms with E-state index in [1.54, 1.807) is 25.3 Å². The molecule has 3 nitrogen and oxygen atoms in total. The first-order valence-electron chi connectivity index (χ1n) is 6.42. The van der Waals surface area contributed by atoms with Gasteiger partial charge in [0.05, 0.1) is 14.2 Å². The van der Waals surface area contributed by atoms with Gasteiger partial charge in [0.1, 0.15) is 5.82 Å². The van der Waals surface area contributed by atoms with Gasteiger partial charge in [-0.25, -0.2) is 4.39 Å². The highest BCUT2D eigenvalue weighted by Gasteiger charge is 2.09. The van der Waals surface area contributed by atoms with Gasteiger partial charge in [-0.2, -0.15) is 0 Å². The third-order valence-corrected chi connectivity index (χ3v) is 3.51. The van der Waals surface area contributed by atoms with Crippen LogP contribution in [0, 0.1) is 5.82 Å². The molecule has 0 radical (unpaired) electrons. The molecule has 0 aromatic heterocycles. The third kappa shape index (κ3) is 2.18. The maximum atomic E-state index is 13.6. The van der Waals surface area contributed by atoms with Crippen LogP contribution in [0.4, 0.5) is 4.39 Å². The first-order valence-corrected chi connectivity index (χ1v) is 6.42. The molecule has 3 aromatic carbocycles. The minimum Gasteiger partial charge on any atom is -0.493 e. The summed E-state index contributed by atoms with van der Waals surface area (Å²) in [5, 5.41) is 2.55. The Labute approximate surface area is 120 Å². The standard InChI is InChI=1S/C17H13FO3/c1-20-16-7-10-3-6-15(19)12-5-4-11(18)8-14(12)13(10)9-17(16)21-2/h3-9H,1-2H3. The SMILES string of the molecule is COc1cc2ccc(=O)c3ccc(F)cc3c2cc1OC. The fourth-order valence-electron chi connectivity index (χ4n) is 2.48. The maximum absolute atomic E-state index is 13.6. The summed E-state index contributed by atoms with van der Waals surface area (Å²) in [5.74, 6) is 0.714. The van der Waals surface area contributed by atoms with E-state index in [0.717, 1.165) is 10.8 Å². The number of fused-ring (bicyclic) bond motifs is 3. The predicted octanol–water partition coefficient (Wildman–Crippen LogP) is 3.51. The molecule has 0 aliphatic rings. The van der Waals surface area contributed by atoms with Gasteiger partial charge < -0.3 is 9.47 Å². The third-order valence-electron chi connectivity index (χ3n) is 3.51. The van der Waals surface area contributed by atoms with E-state index in [2.05, 4.69) is 0 Å². The second kappa shape index (κ2) is 5.05. The van der Waals surface area contributed by atoms with Crippen molar-refractivity contribution in [1.29, 1.82) is 0 Å². The Balaban J connectivity index is 2.58. The fraction of sp³-hybridized carbons (Fsp3) is 0.118. The lowest BCUT2D eigenvalue weighted by molar-refractivity contribution is 0.356. The second-order valence-corrected chi connectivity index (χ2v) is 4.68. The number of hydrogen-bond acceptors (Lipinski definition) is 3. The largest absolute Gasteiger partial charge is 0.493 e. The van der Waals surface area contributed by atoms with Gasteiger partial charge in [0.2, 0.25) is 0 Å². The average molecular weight is 284 g/mol. The Hall–Kier alpha value is -2.62. The molecule has 0 saturated carbocycles. The Morgan fingerprint density at radius 3 is 2.24 bits per heavy atom. The Bertz CT molecular complexity index is 903. The van der Waals surface area contributed by atoms with Gasteiger partial charge in [-0.15, -0.1) is 0 Å². The number of methoxy groups -OCH3 is 2. The minimum absolute atomic E-state index is 0.154. The number of rotatable bonds is 2. The summed E-state index contributed by atoms with van der Waals surface area (Å²) in [6.45, 7) is 0. The summed E-state index contributed by atoms with van der Waals surface area (Å²) in [7, 11) is 3.08. The molecule has 4 heteroatoms. The molecule has 0 spiro atoms. The topological polar surface area (TPSA) is 35.5 Å². The lowest BCUT2D eigenvalue weighted by atomic mass is 10.1. The van der Waals surface area contributed by atoms with Gasteiger partial charge in [0, 0.05) is 5.39 Å². The molecule has 3 aromatic rings. The molecule has 0 aliphatic carbocycles. The quantitative estimate of drug-likeness (QED) is 0.722. The van der Waals surface area contributed by atoms with Crippen LogP contribution in [0.2, 0.25) is 0 Å². The Kier molecular flexibility index (Phi) is 3.22. The molecule has 0 heterocycles. The number of ether oxygens (including phenoxy) is 2. The first-order chi connectivity index (χ1) is 10.1. The molecular weight excluding hydrogens is 271 g/mol. The van der Waals surface area contributed by atoms with Gasteiger partial charge in [0.15, 0.2) is 16.9 Å². The van der Waals surface area contributed by atoms with Crippen molar-refractivity contribution in [2.75, 3.05) is 14.2 Å². The summed E-state index contributed by atoms with van der Waals surface area (Å²) >= 11 is 0. The van der Waals surface area contributed by atoms with Crippen LogP contribution in [0.1, 0.15) is 0 Å². The number of halogens is 1. The molecule has 0 N–H and O–H groups in total. The van der Waals surface area contributed by atoms with E-state index in [-0.39, 0.29) is 11.2 Å². The van der Waals surface area contributed by atoms with E-state index < -0.39 is 0 Å². The zero-order chi connectivity index (χ0) is 15.0. The van der Waals surface area contributed by atoms with Gasteiger partial charge in [-0.05, 0) is 52.6 Å². The highest BCUT2D eigenvalue weighted by atomic mass is 19.1. The summed E-state index contributed by atoms with van der Waals surface area (Å²) in [4.78, 5) is 12.1. The van der Waals surface area contributed by atoms with Crippen LogP contribution in [-0.4, -0.2) is 14.2 Å². The van der Waals surface area contributed by atoms with Gasteiger partial charge in [-0.1, -0.05) is 6.07 Å². The van der Waals surface area contributed by atoms with Crippen molar-refractivity contribution in [1.82, 2.24) is 0 Å². The zero-order valence-electron chi connectivity index (χ0n) is 11.6. The second-order valence-electron chi connectivity index (χ2n) is 4.68. The summed E-state index contributed by atoms with van der Waals surface area (Å²) in [6, 6.07) is 10.9. The number of hydrogen-bond donors (Lipinski definition) is 0. The Morgan fingerprint density at radius 1 is 0.810 bits per heavy atom. The molecule has 3 rings (SSSR count). The lowest BCUT2D eigenvalue weighted by Gasteiger charge is -2.08. The highest BCUT2D eigenvalue weighted by molar-refractivity contribution is 6.07. The molecule has 0 unspecified atom stereocenters. The van der Waals surface area contributed by atoms with E-state index in [4.69, 9.17) is 9.47 Å². The van der Waals surface area contributed by atoms with E-state index in [0.29, 0.717) is 22.3 Å². The van der Waals surface area contributed by atoms with Crippen molar-refractivity contribution in [2.45, 2.75) is 0 Å². The van der Waals surface area contributed by atoms with Crippen molar-refractivity contribution in [2.24, 2.45) is 0 Å². The van der Waals surface area contributed by atoms with Crippen molar-refractivity contribution in [3.05, 3.63) is 58.5 Å². The van der Waals surface area contributed by atoms with Crippen molar-refractivity contribution >= 4 is 21.5 Å². The zero-order valence-corrected chi connectivity index (χ0v) is 11.6. The summed E-state index contributed by atoms with van der Waals surface area (Å²) < 4.78 is 24.1. The maximum Gasteiger partial charge on any atom is 0.186 e. The average Bonchev–Trinajstić information content (AvgIpc) is 2.63. The molecule has 0 amide bonds. The van der Waals surface area contributed by atoms with Crippen molar-refractivity contribution in [3.8, 4) is 11.5 Å². The van der Waals surface area contributed by atoms with Gasteiger partial charge in [0.25, 0.3) is 0 Å². The fourth-order valence-corrected chi connectivity index (χ4v) is 2.48. The lowest BCUT2D eigenvalue weighted by Crippen LogP contribution is -1.94. The van der Waals surface area contributed by atoms with Crippen LogP contribution in [0.3, 0.4) is 0 Å². The van der Waals surface area contributed by atoms with Crippen LogP contribution >= 0.6 is 0 Å². The summed E-state index contributed by atoms with van der Waals surface area (Å²) in [5.41, 5.74) is -0.154. The highest BCUT2D eigenvalue weighted by Crippen LogP contribution is 2.34. The van der Waals surface area contributed by atoms with Crippen LogP contribution in [0.15, 0.2) is 47.3 Å². The Morgan fingerprint density at radius 2 is 1.52 bits per heavy atom. The molecule has 0 aliphatic heterocycles. The van der Waals surface area contributed by atoms with Crippen molar-refractivity contribution in [3.63, 3.8) is 0 Å². The predicted molar refractivity (Wildman–Crippen MR) is 80.8 cm³/mol.